The first-order valence-electron chi connectivity index (χ1n) is 3.07. The Kier molecular flexibility index (Phi) is 3.04. The second-order valence-electron chi connectivity index (χ2n) is 2.56. The topological polar surface area (TPSA) is 26.0 Å². The fourth-order valence-electron chi connectivity index (χ4n) is 0.648. The van der Waals surface area contributed by atoms with Gasteiger partial charge in [-0.05, 0) is 13.3 Å². The quantitative estimate of drug-likeness (QED) is 0.630. The van der Waals surface area contributed by atoms with Gasteiger partial charge in [-0.15, -0.1) is 0 Å². The minimum absolute atomic E-state index is 0.380. The maximum absolute atomic E-state index is 11.9. The van der Waals surface area contributed by atoms with Gasteiger partial charge >= 0.3 is 0 Å². The molecule has 9 heavy (non-hydrogen) atoms. The highest BCUT2D eigenvalue weighted by molar-refractivity contribution is 4.80. The van der Waals surface area contributed by atoms with Crippen LogP contribution in [-0.4, -0.2) is 12.0 Å². The third-order valence-electron chi connectivity index (χ3n) is 1.29. The molecule has 3 heteroatoms. The van der Waals surface area contributed by atoms with E-state index in [1.165, 1.54) is 6.92 Å². The fraction of sp³-hybridized carbons (Fsp3) is 1.00. The van der Waals surface area contributed by atoms with Crippen molar-refractivity contribution in [2.75, 3.05) is 0 Å². The van der Waals surface area contributed by atoms with Crippen LogP contribution in [0.3, 0.4) is 0 Å². The van der Waals surface area contributed by atoms with Crippen LogP contribution in [0.5, 0.6) is 0 Å². The number of halogens is 2. The lowest BCUT2D eigenvalue weighted by atomic mass is 9.99. The average Bonchev–Trinajstić information content (AvgIpc) is 1.65. The summed E-state index contributed by atoms with van der Waals surface area (Å²) in [6.07, 6.45) is -1.32. The van der Waals surface area contributed by atoms with Gasteiger partial charge in [0.15, 0.2) is 0 Å². The molecule has 2 N–H and O–H groups in total. The Morgan fingerprint density at radius 3 is 2.11 bits per heavy atom. The Hall–Kier alpha value is -0.180. The normalized spacial score (nSPS) is 18.0. The average molecular weight is 137 g/mol. The molecule has 1 nitrogen and oxygen atoms in total. The summed E-state index contributed by atoms with van der Waals surface area (Å²) in [5.74, 6) is 0. The highest BCUT2D eigenvalue weighted by Gasteiger charge is 2.28. The monoisotopic (exact) mass is 137 g/mol. The van der Waals surface area contributed by atoms with Gasteiger partial charge in [0.25, 0.3) is 6.43 Å². The zero-order valence-corrected chi connectivity index (χ0v) is 5.82. The molecule has 0 spiro atoms. The van der Waals surface area contributed by atoms with E-state index < -0.39 is 12.0 Å². The van der Waals surface area contributed by atoms with E-state index in [4.69, 9.17) is 5.73 Å². The molecular formula is C6H13F2N. The molecular weight excluding hydrogens is 124 g/mol. The van der Waals surface area contributed by atoms with Crippen LogP contribution in [0, 0.1) is 0 Å². The summed E-state index contributed by atoms with van der Waals surface area (Å²) in [6.45, 7) is 3.22. The molecule has 1 atom stereocenters. The predicted molar refractivity (Wildman–Crippen MR) is 33.5 cm³/mol. The van der Waals surface area contributed by atoms with Crippen molar-refractivity contribution in [1.82, 2.24) is 0 Å². The lowest BCUT2D eigenvalue weighted by Crippen LogP contribution is -2.43. The predicted octanol–water partition coefficient (Wildman–Crippen LogP) is 1.77. The van der Waals surface area contributed by atoms with E-state index in [9.17, 15) is 8.78 Å². The van der Waals surface area contributed by atoms with Crippen molar-refractivity contribution in [2.45, 2.75) is 38.7 Å². The van der Waals surface area contributed by atoms with Crippen LogP contribution in [0.25, 0.3) is 0 Å². The Balaban J connectivity index is 3.70. The number of rotatable bonds is 3. The maximum atomic E-state index is 11.9. The number of hydrogen-bond acceptors (Lipinski definition) is 1. The third-order valence-corrected chi connectivity index (χ3v) is 1.29. The lowest BCUT2D eigenvalue weighted by molar-refractivity contribution is 0.0585. The van der Waals surface area contributed by atoms with Crippen molar-refractivity contribution >= 4 is 0 Å². The van der Waals surface area contributed by atoms with Crippen LogP contribution in [0.1, 0.15) is 26.7 Å². The van der Waals surface area contributed by atoms with Gasteiger partial charge < -0.3 is 5.73 Å². The van der Waals surface area contributed by atoms with Gasteiger partial charge in [0, 0.05) is 0 Å². The summed E-state index contributed by atoms with van der Waals surface area (Å²) in [5.41, 5.74) is 3.94. The van der Waals surface area contributed by atoms with Gasteiger partial charge in [-0.2, -0.15) is 0 Å². The maximum Gasteiger partial charge on any atom is 0.255 e. The molecule has 0 bridgehead atoms. The largest absolute Gasteiger partial charge is 0.321 e. The fourth-order valence-corrected chi connectivity index (χ4v) is 0.648. The number of nitrogens with two attached hydrogens (primary N) is 1. The summed E-state index contributed by atoms with van der Waals surface area (Å²) in [6, 6.07) is 0. The van der Waals surface area contributed by atoms with E-state index in [0.717, 1.165) is 0 Å². The Bertz CT molecular complexity index is 81.1. The van der Waals surface area contributed by atoms with Crippen LogP contribution >= 0.6 is 0 Å². The number of hydrogen-bond donors (Lipinski definition) is 1. The second-order valence-corrected chi connectivity index (χ2v) is 2.56. The van der Waals surface area contributed by atoms with Crippen LogP contribution in [0.2, 0.25) is 0 Å². The summed E-state index contributed by atoms with van der Waals surface area (Å²) in [5, 5.41) is 0. The molecule has 1 unspecified atom stereocenters. The van der Waals surface area contributed by atoms with Crippen molar-refractivity contribution in [2.24, 2.45) is 5.73 Å². The Morgan fingerprint density at radius 1 is 1.56 bits per heavy atom. The standard InChI is InChI=1S/C6H13F2N/c1-3-4-6(2,9)5(7)8/h5H,3-4,9H2,1-2H3. The molecule has 0 heterocycles. The molecule has 0 aliphatic carbocycles. The Morgan fingerprint density at radius 2 is 2.00 bits per heavy atom. The molecule has 0 rings (SSSR count). The van der Waals surface area contributed by atoms with Crippen LogP contribution < -0.4 is 5.73 Å². The van der Waals surface area contributed by atoms with Gasteiger partial charge in [-0.1, -0.05) is 13.3 Å². The van der Waals surface area contributed by atoms with Gasteiger partial charge in [-0.25, -0.2) is 8.78 Å². The second kappa shape index (κ2) is 3.11. The van der Waals surface area contributed by atoms with Crippen molar-refractivity contribution in [1.29, 1.82) is 0 Å². The van der Waals surface area contributed by atoms with Gasteiger partial charge in [-0.3, -0.25) is 0 Å². The molecule has 0 aromatic carbocycles. The summed E-state index contributed by atoms with van der Waals surface area (Å²) >= 11 is 0. The zero-order chi connectivity index (χ0) is 7.49. The van der Waals surface area contributed by atoms with E-state index >= 15 is 0 Å². The van der Waals surface area contributed by atoms with E-state index in [2.05, 4.69) is 0 Å². The highest BCUT2D eigenvalue weighted by Crippen LogP contribution is 2.17. The van der Waals surface area contributed by atoms with Gasteiger partial charge in [0.1, 0.15) is 0 Å². The first-order chi connectivity index (χ1) is 4.00. The van der Waals surface area contributed by atoms with Crippen LogP contribution in [-0.2, 0) is 0 Å². The zero-order valence-electron chi connectivity index (χ0n) is 5.82. The first-order valence-corrected chi connectivity index (χ1v) is 3.07. The minimum atomic E-state index is -2.41. The summed E-state index contributed by atoms with van der Waals surface area (Å²) in [7, 11) is 0. The van der Waals surface area contributed by atoms with Gasteiger partial charge in [0.05, 0.1) is 5.54 Å². The van der Waals surface area contributed by atoms with E-state index in [-0.39, 0.29) is 0 Å². The molecule has 0 amide bonds. The van der Waals surface area contributed by atoms with Crippen molar-refractivity contribution in [3.63, 3.8) is 0 Å². The van der Waals surface area contributed by atoms with Crippen LogP contribution in [0.15, 0.2) is 0 Å². The van der Waals surface area contributed by atoms with E-state index in [1.54, 1.807) is 0 Å². The minimum Gasteiger partial charge on any atom is -0.321 e. The van der Waals surface area contributed by atoms with Crippen molar-refractivity contribution in [3.8, 4) is 0 Å². The first kappa shape index (κ1) is 8.82. The molecule has 0 aromatic rings. The molecule has 56 valence electrons. The van der Waals surface area contributed by atoms with E-state index in [0.29, 0.717) is 12.8 Å². The molecule has 0 saturated heterocycles. The number of alkyl halides is 2. The van der Waals surface area contributed by atoms with Crippen LogP contribution in [0.4, 0.5) is 8.78 Å². The summed E-state index contributed by atoms with van der Waals surface area (Å²) < 4.78 is 23.7. The molecule has 0 aromatic heterocycles. The van der Waals surface area contributed by atoms with Crippen molar-refractivity contribution in [3.05, 3.63) is 0 Å². The Labute approximate surface area is 54.2 Å². The molecule has 0 fully saturated rings. The molecule has 0 radical (unpaired) electrons. The van der Waals surface area contributed by atoms with E-state index in [1.807, 2.05) is 6.92 Å². The summed E-state index contributed by atoms with van der Waals surface area (Å²) in [4.78, 5) is 0. The molecule has 0 aliphatic rings. The van der Waals surface area contributed by atoms with Gasteiger partial charge in [0.2, 0.25) is 0 Å². The lowest BCUT2D eigenvalue weighted by Gasteiger charge is -2.22. The van der Waals surface area contributed by atoms with Crippen molar-refractivity contribution < 1.29 is 8.78 Å². The molecule has 0 aliphatic heterocycles. The third kappa shape index (κ3) is 2.75. The molecule has 0 saturated carbocycles. The highest BCUT2D eigenvalue weighted by atomic mass is 19.3. The smallest absolute Gasteiger partial charge is 0.255 e. The SMILES string of the molecule is CCCC(C)(N)C(F)F.